The van der Waals surface area contributed by atoms with Crippen molar-refractivity contribution < 1.29 is 22.8 Å². The maximum absolute atomic E-state index is 12.4. The van der Waals surface area contributed by atoms with Crippen molar-refractivity contribution in [1.29, 1.82) is 0 Å². The van der Waals surface area contributed by atoms with Gasteiger partial charge in [0.05, 0.1) is 22.0 Å². The largest absolute Gasteiger partial charge is 0.471 e. The maximum atomic E-state index is 12.4. The van der Waals surface area contributed by atoms with Crippen molar-refractivity contribution in [3.63, 3.8) is 0 Å². The average Bonchev–Trinajstić information content (AvgIpc) is 2.50. The maximum Gasteiger partial charge on any atom is 0.471 e. The van der Waals surface area contributed by atoms with Gasteiger partial charge < -0.3 is 10.6 Å². The molecular weight excluding hydrogens is 368 g/mol. The van der Waals surface area contributed by atoms with E-state index >= 15 is 0 Å². The predicted octanol–water partition coefficient (Wildman–Crippen LogP) is 4.75. The van der Waals surface area contributed by atoms with Crippen molar-refractivity contribution in [3.8, 4) is 0 Å². The highest BCUT2D eigenvalue weighted by molar-refractivity contribution is 6.36. The second-order valence-corrected chi connectivity index (χ2v) is 5.42. The van der Waals surface area contributed by atoms with Gasteiger partial charge in [-0.05, 0) is 30.3 Å². The van der Waals surface area contributed by atoms with E-state index in [0.717, 1.165) is 0 Å². The van der Waals surface area contributed by atoms with Gasteiger partial charge in [0.25, 0.3) is 5.91 Å². The SMILES string of the molecule is O=C(Nc1ccccc1NC(=O)C(F)(F)F)c1cc(Cl)ccc1Cl. The number of halogens is 5. The van der Waals surface area contributed by atoms with Crippen LogP contribution in [0, 0.1) is 0 Å². The molecule has 0 atom stereocenters. The second-order valence-electron chi connectivity index (χ2n) is 4.58. The van der Waals surface area contributed by atoms with Crippen LogP contribution in [-0.2, 0) is 4.79 Å². The second kappa shape index (κ2) is 7.11. The van der Waals surface area contributed by atoms with Crippen molar-refractivity contribution >= 4 is 46.4 Å². The zero-order valence-electron chi connectivity index (χ0n) is 11.7. The Kier molecular flexibility index (Phi) is 5.36. The Hall–Kier alpha value is -2.25. The number of carbonyl (C=O) groups is 2. The summed E-state index contributed by atoms with van der Waals surface area (Å²) < 4.78 is 37.1. The van der Waals surface area contributed by atoms with E-state index in [1.165, 1.54) is 42.5 Å². The van der Waals surface area contributed by atoms with E-state index in [9.17, 15) is 22.8 Å². The Balaban J connectivity index is 2.26. The summed E-state index contributed by atoms with van der Waals surface area (Å²) in [4.78, 5) is 23.3. The number of anilines is 2. The molecule has 0 aromatic heterocycles. The molecule has 0 aliphatic carbocycles. The molecule has 0 unspecified atom stereocenters. The minimum Gasteiger partial charge on any atom is -0.320 e. The smallest absolute Gasteiger partial charge is 0.320 e. The fourth-order valence-electron chi connectivity index (χ4n) is 1.76. The summed E-state index contributed by atoms with van der Waals surface area (Å²) in [7, 11) is 0. The molecular formula is C15H9Cl2F3N2O2. The third-order valence-electron chi connectivity index (χ3n) is 2.85. The van der Waals surface area contributed by atoms with E-state index in [1.807, 2.05) is 0 Å². The van der Waals surface area contributed by atoms with Gasteiger partial charge in [-0.2, -0.15) is 13.2 Å². The first kappa shape index (κ1) is 18.1. The summed E-state index contributed by atoms with van der Waals surface area (Å²) >= 11 is 11.7. The van der Waals surface area contributed by atoms with Gasteiger partial charge in [0, 0.05) is 5.02 Å². The number of amides is 2. The van der Waals surface area contributed by atoms with Crippen molar-refractivity contribution in [2.24, 2.45) is 0 Å². The van der Waals surface area contributed by atoms with Crippen molar-refractivity contribution in [1.82, 2.24) is 0 Å². The molecule has 0 saturated carbocycles. The van der Waals surface area contributed by atoms with Crippen LogP contribution in [0.5, 0.6) is 0 Å². The Bertz CT molecular complexity index is 795. The van der Waals surface area contributed by atoms with Gasteiger partial charge in [-0.3, -0.25) is 9.59 Å². The van der Waals surface area contributed by atoms with E-state index in [0.29, 0.717) is 0 Å². The van der Waals surface area contributed by atoms with Crippen molar-refractivity contribution in [2.45, 2.75) is 6.18 Å². The molecule has 9 heteroatoms. The molecule has 0 spiro atoms. The van der Waals surface area contributed by atoms with Gasteiger partial charge in [0.2, 0.25) is 0 Å². The summed E-state index contributed by atoms with van der Waals surface area (Å²) in [6.07, 6.45) is -5.05. The standard InChI is InChI=1S/C15H9Cl2F3N2O2/c16-8-5-6-10(17)9(7-8)13(23)21-11-3-1-2-4-12(11)22-14(24)15(18,19)20/h1-7H,(H,21,23)(H,22,24). The average molecular weight is 377 g/mol. The Morgan fingerprint density at radius 3 is 2.08 bits per heavy atom. The van der Waals surface area contributed by atoms with E-state index in [2.05, 4.69) is 5.32 Å². The van der Waals surface area contributed by atoms with Crippen LogP contribution in [0.25, 0.3) is 0 Å². The zero-order chi connectivity index (χ0) is 17.9. The molecule has 2 rings (SSSR count). The van der Waals surface area contributed by atoms with Crippen LogP contribution in [0.1, 0.15) is 10.4 Å². The number of para-hydroxylation sites is 2. The third-order valence-corrected chi connectivity index (χ3v) is 3.42. The monoisotopic (exact) mass is 376 g/mol. The highest BCUT2D eigenvalue weighted by atomic mass is 35.5. The first-order chi connectivity index (χ1) is 11.2. The Morgan fingerprint density at radius 1 is 0.917 bits per heavy atom. The number of carbonyl (C=O) groups excluding carboxylic acids is 2. The lowest BCUT2D eigenvalue weighted by molar-refractivity contribution is -0.167. The lowest BCUT2D eigenvalue weighted by Crippen LogP contribution is -2.30. The van der Waals surface area contributed by atoms with Gasteiger partial charge in [-0.1, -0.05) is 35.3 Å². The Morgan fingerprint density at radius 2 is 1.50 bits per heavy atom. The number of hydrogen-bond acceptors (Lipinski definition) is 2. The fourth-order valence-corrected chi connectivity index (χ4v) is 2.13. The molecule has 0 heterocycles. The Labute approximate surface area is 144 Å². The van der Waals surface area contributed by atoms with Gasteiger partial charge in [0.15, 0.2) is 0 Å². The molecule has 0 saturated heterocycles. The number of hydrogen-bond donors (Lipinski definition) is 2. The van der Waals surface area contributed by atoms with Crippen LogP contribution in [0.3, 0.4) is 0 Å². The topological polar surface area (TPSA) is 58.2 Å². The molecule has 0 bridgehead atoms. The summed E-state index contributed by atoms with van der Waals surface area (Å²) in [5, 5.41) is 4.47. The van der Waals surface area contributed by atoms with Crippen molar-refractivity contribution in [2.75, 3.05) is 10.6 Å². The predicted molar refractivity (Wildman–Crippen MR) is 85.5 cm³/mol. The quantitative estimate of drug-likeness (QED) is 0.812. The highest BCUT2D eigenvalue weighted by Crippen LogP contribution is 2.27. The summed E-state index contributed by atoms with van der Waals surface area (Å²) in [6.45, 7) is 0. The van der Waals surface area contributed by atoms with Gasteiger partial charge in [-0.15, -0.1) is 0 Å². The van der Waals surface area contributed by atoms with E-state index in [1.54, 1.807) is 5.32 Å². The van der Waals surface area contributed by atoms with Gasteiger partial charge in [0.1, 0.15) is 0 Å². The molecule has 24 heavy (non-hydrogen) atoms. The fraction of sp³-hybridized carbons (Fsp3) is 0.0667. The van der Waals surface area contributed by atoms with Crippen LogP contribution in [0.15, 0.2) is 42.5 Å². The molecule has 0 radical (unpaired) electrons. The first-order valence-corrected chi connectivity index (χ1v) is 7.17. The normalized spacial score (nSPS) is 11.0. The third kappa shape index (κ3) is 4.39. The lowest BCUT2D eigenvalue weighted by atomic mass is 10.2. The van der Waals surface area contributed by atoms with E-state index in [4.69, 9.17) is 23.2 Å². The van der Waals surface area contributed by atoms with Gasteiger partial charge >= 0.3 is 12.1 Å². The number of rotatable bonds is 3. The van der Waals surface area contributed by atoms with Gasteiger partial charge in [-0.25, -0.2) is 0 Å². The summed E-state index contributed by atoms with van der Waals surface area (Å²) in [6, 6.07) is 9.66. The number of nitrogens with one attached hydrogen (secondary N) is 2. The van der Waals surface area contributed by atoms with Crippen LogP contribution in [0.4, 0.5) is 24.5 Å². The van der Waals surface area contributed by atoms with E-state index < -0.39 is 18.0 Å². The molecule has 126 valence electrons. The molecule has 0 fully saturated rings. The minimum absolute atomic E-state index is 0.0175. The highest BCUT2D eigenvalue weighted by Gasteiger charge is 2.39. The lowest BCUT2D eigenvalue weighted by Gasteiger charge is -2.13. The summed E-state index contributed by atoms with van der Waals surface area (Å²) in [5.74, 6) is -2.83. The molecule has 4 nitrogen and oxygen atoms in total. The molecule has 2 aromatic rings. The van der Waals surface area contributed by atoms with E-state index in [-0.39, 0.29) is 27.0 Å². The molecule has 2 aromatic carbocycles. The van der Waals surface area contributed by atoms with Crippen LogP contribution in [-0.4, -0.2) is 18.0 Å². The number of benzene rings is 2. The van der Waals surface area contributed by atoms with Crippen LogP contribution in [0.2, 0.25) is 10.0 Å². The first-order valence-electron chi connectivity index (χ1n) is 6.42. The van der Waals surface area contributed by atoms with Crippen LogP contribution >= 0.6 is 23.2 Å². The summed E-state index contributed by atoms with van der Waals surface area (Å²) in [5.41, 5.74) is -0.177. The minimum atomic E-state index is -5.05. The molecule has 0 aliphatic rings. The molecule has 0 aliphatic heterocycles. The molecule has 2 amide bonds. The van der Waals surface area contributed by atoms with Crippen LogP contribution < -0.4 is 10.6 Å². The number of alkyl halides is 3. The van der Waals surface area contributed by atoms with Crippen molar-refractivity contribution in [3.05, 3.63) is 58.1 Å². The molecule has 2 N–H and O–H groups in total. The zero-order valence-corrected chi connectivity index (χ0v) is 13.3.